The van der Waals surface area contributed by atoms with Crippen LogP contribution in [0.5, 0.6) is 0 Å². The predicted octanol–water partition coefficient (Wildman–Crippen LogP) is -2.12. The lowest BCUT2D eigenvalue weighted by Gasteiger charge is -2.22. The van der Waals surface area contributed by atoms with Gasteiger partial charge in [0.05, 0.1) is 19.0 Å². The van der Waals surface area contributed by atoms with Gasteiger partial charge in [-0.25, -0.2) is 9.78 Å². The van der Waals surface area contributed by atoms with E-state index in [1.54, 1.807) is 0 Å². The summed E-state index contributed by atoms with van der Waals surface area (Å²) < 4.78 is 0. The Morgan fingerprint density at radius 2 is 1.70 bits per heavy atom. The van der Waals surface area contributed by atoms with Crippen LogP contribution in [0.3, 0.4) is 0 Å². The SMILES string of the molecule is CC(C)CC(N)C(=O)NC(CO)C(=O)NC(C)C(=O)NC(Cc1cnc[nH]1)C(=O)O. The Morgan fingerprint density at radius 3 is 2.20 bits per heavy atom. The first-order valence-electron chi connectivity index (χ1n) is 9.52. The molecule has 4 atom stereocenters. The van der Waals surface area contributed by atoms with Crippen LogP contribution < -0.4 is 21.7 Å². The summed E-state index contributed by atoms with van der Waals surface area (Å²) in [4.78, 5) is 54.6. The van der Waals surface area contributed by atoms with Gasteiger partial charge in [0.15, 0.2) is 0 Å². The number of nitrogens with zero attached hydrogens (tertiary/aromatic N) is 1. The molecule has 0 saturated heterocycles. The van der Waals surface area contributed by atoms with Crippen LogP contribution in [-0.2, 0) is 25.6 Å². The molecule has 4 unspecified atom stereocenters. The van der Waals surface area contributed by atoms with Crippen LogP contribution in [-0.4, -0.2) is 74.6 Å². The maximum Gasteiger partial charge on any atom is 0.326 e. The fraction of sp³-hybridized carbons (Fsp3) is 0.611. The summed E-state index contributed by atoms with van der Waals surface area (Å²) in [5.41, 5.74) is 6.27. The van der Waals surface area contributed by atoms with Gasteiger partial charge in [0.1, 0.15) is 18.1 Å². The van der Waals surface area contributed by atoms with E-state index in [0.29, 0.717) is 12.1 Å². The summed E-state index contributed by atoms with van der Waals surface area (Å²) in [7, 11) is 0. The van der Waals surface area contributed by atoms with Gasteiger partial charge in [0.25, 0.3) is 0 Å². The largest absolute Gasteiger partial charge is 0.480 e. The second-order valence-corrected chi connectivity index (χ2v) is 7.39. The first-order chi connectivity index (χ1) is 14.0. The molecule has 1 aromatic heterocycles. The van der Waals surface area contributed by atoms with Crippen molar-refractivity contribution in [1.82, 2.24) is 25.9 Å². The number of amides is 3. The number of carboxylic acids is 1. The van der Waals surface area contributed by atoms with Crippen LogP contribution in [0.4, 0.5) is 0 Å². The molecule has 8 N–H and O–H groups in total. The molecule has 0 aliphatic rings. The molecule has 0 spiro atoms. The van der Waals surface area contributed by atoms with Crippen LogP contribution >= 0.6 is 0 Å². The van der Waals surface area contributed by atoms with E-state index in [0.717, 1.165) is 0 Å². The van der Waals surface area contributed by atoms with Gasteiger partial charge < -0.3 is 36.9 Å². The number of aliphatic carboxylic acids is 1. The molecule has 30 heavy (non-hydrogen) atoms. The summed E-state index contributed by atoms with van der Waals surface area (Å²) >= 11 is 0. The number of aliphatic hydroxyl groups excluding tert-OH is 1. The number of hydrogen-bond acceptors (Lipinski definition) is 7. The van der Waals surface area contributed by atoms with Crippen molar-refractivity contribution in [2.24, 2.45) is 11.7 Å². The van der Waals surface area contributed by atoms with Gasteiger partial charge in [-0.05, 0) is 19.3 Å². The Bertz CT molecular complexity index is 723. The second-order valence-electron chi connectivity index (χ2n) is 7.39. The molecule has 0 aliphatic carbocycles. The highest BCUT2D eigenvalue weighted by Crippen LogP contribution is 2.03. The molecule has 12 nitrogen and oxygen atoms in total. The van der Waals surface area contributed by atoms with E-state index in [4.69, 9.17) is 5.73 Å². The lowest BCUT2D eigenvalue weighted by Crippen LogP contribution is -2.57. The summed E-state index contributed by atoms with van der Waals surface area (Å²) in [6.07, 6.45) is 3.20. The highest BCUT2D eigenvalue weighted by Gasteiger charge is 2.28. The van der Waals surface area contributed by atoms with Crippen LogP contribution in [0.2, 0.25) is 0 Å². The number of hydrogen-bond donors (Lipinski definition) is 7. The van der Waals surface area contributed by atoms with E-state index in [-0.39, 0.29) is 12.3 Å². The Labute approximate surface area is 174 Å². The first-order valence-corrected chi connectivity index (χ1v) is 9.52. The number of nitrogens with one attached hydrogen (secondary N) is 4. The number of aromatic amines is 1. The number of aliphatic hydroxyl groups is 1. The molecule has 168 valence electrons. The Hall–Kier alpha value is -2.99. The average Bonchev–Trinajstić information content (AvgIpc) is 3.17. The van der Waals surface area contributed by atoms with Gasteiger partial charge in [0.2, 0.25) is 17.7 Å². The average molecular weight is 426 g/mol. The van der Waals surface area contributed by atoms with E-state index >= 15 is 0 Å². The molecule has 12 heteroatoms. The second kappa shape index (κ2) is 11.9. The minimum absolute atomic E-state index is 0.0230. The quantitative estimate of drug-likeness (QED) is 0.196. The molecule has 1 rings (SSSR count). The minimum atomic E-state index is -1.30. The molecule has 0 aliphatic heterocycles. The molecule has 0 radical (unpaired) electrons. The van der Waals surface area contributed by atoms with Gasteiger partial charge in [0, 0.05) is 18.3 Å². The third-order valence-corrected chi connectivity index (χ3v) is 4.22. The van der Waals surface area contributed by atoms with E-state index in [2.05, 4.69) is 25.9 Å². The third kappa shape index (κ3) is 8.17. The molecule has 0 saturated carbocycles. The number of rotatable bonds is 12. The van der Waals surface area contributed by atoms with Crippen LogP contribution in [0.15, 0.2) is 12.5 Å². The third-order valence-electron chi connectivity index (χ3n) is 4.22. The molecule has 0 bridgehead atoms. The zero-order valence-electron chi connectivity index (χ0n) is 17.2. The number of carbonyl (C=O) groups excluding carboxylic acids is 3. The van der Waals surface area contributed by atoms with Crippen molar-refractivity contribution in [3.8, 4) is 0 Å². The standard InChI is InChI=1S/C18H30N6O6/c1-9(2)4-12(19)16(27)24-14(7-25)17(28)22-10(3)15(26)23-13(18(29)30)5-11-6-20-8-21-11/h6,8-10,12-14,25H,4-5,7,19H2,1-3H3,(H,20,21)(H,22,28)(H,23,26)(H,24,27)(H,29,30). The fourth-order valence-electron chi connectivity index (χ4n) is 2.58. The lowest BCUT2D eigenvalue weighted by atomic mass is 10.0. The number of imidazole rings is 1. The molecule has 0 aromatic carbocycles. The van der Waals surface area contributed by atoms with Gasteiger partial charge in [-0.15, -0.1) is 0 Å². The monoisotopic (exact) mass is 426 g/mol. The predicted molar refractivity (Wildman–Crippen MR) is 106 cm³/mol. The summed E-state index contributed by atoms with van der Waals surface area (Å²) in [6, 6.07) is -4.49. The summed E-state index contributed by atoms with van der Waals surface area (Å²) in [5, 5.41) is 25.7. The van der Waals surface area contributed by atoms with Crippen molar-refractivity contribution in [2.75, 3.05) is 6.61 Å². The zero-order chi connectivity index (χ0) is 22.8. The van der Waals surface area contributed by atoms with Crippen molar-refractivity contribution in [2.45, 2.75) is 57.8 Å². The lowest BCUT2D eigenvalue weighted by molar-refractivity contribution is -0.142. The Morgan fingerprint density at radius 1 is 1.07 bits per heavy atom. The number of nitrogens with two attached hydrogens (primary N) is 1. The van der Waals surface area contributed by atoms with Crippen molar-refractivity contribution in [3.63, 3.8) is 0 Å². The van der Waals surface area contributed by atoms with E-state index in [1.807, 2.05) is 13.8 Å². The number of aromatic nitrogens is 2. The van der Waals surface area contributed by atoms with Crippen molar-refractivity contribution in [1.29, 1.82) is 0 Å². The molecular weight excluding hydrogens is 396 g/mol. The molecule has 3 amide bonds. The molecule has 1 aromatic rings. The maximum absolute atomic E-state index is 12.3. The van der Waals surface area contributed by atoms with Crippen LogP contribution in [0, 0.1) is 5.92 Å². The summed E-state index contributed by atoms with van der Waals surface area (Å²) in [5.74, 6) is -3.23. The highest BCUT2D eigenvalue weighted by molar-refractivity contribution is 5.94. The molecule has 0 fully saturated rings. The van der Waals surface area contributed by atoms with Crippen LogP contribution in [0.1, 0.15) is 32.9 Å². The van der Waals surface area contributed by atoms with Crippen molar-refractivity contribution in [3.05, 3.63) is 18.2 Å². The van der Waals surface area contributed by atoms with E-state index < -0.39 is 54.5 Å². The topological polar surface area (TPSA) is 200 Å². The van der Waals surface area contributed by atoms with Gasteiger partial charge in [-0.3, -0.25) is 14.4 Å². The van der Waals surface area contributed by atoms with Gasteiger partial charge in [-0.2, -0.15) is 0 Å². The molecule has 1 heterocycles. The number of H-pyrrole nitrogens is 1. The number of carboxylic acid groups (broad SMARTS) is 1. The summed E-state index contributed by atoms with van der Waals surface area (Å²) in [6.45, 7) is 4.43. The molecular formula is C18H30N6O6. The fourth-order valence-corrected chi connectivity index (χ4v) is 2.58. The maximum atomic E-state index is 12.3. The highest BCUT2D eigenvalue weighted by atomic mass is 16.4. The normalized spacial score (nSPS) is 15.0. The smallest absolute Gasteiger partial charge is 0.326 e. The van der Waals surface area contributed by atoms with Gasteiger partial charge >= 0.3 is 5.97 Å². The number of carbonyl (C=O) groups is 4. The van der Waals surface area contributed by atoms with Crippen molar-refractivity contribution < 1.29 is 29.4 Å². The van der Waals surface area contributed by atoms with E-state index in [1.165, 1.54) is 19.4 Å². The van der Waals surface area contributed by atoms with Crippen molar-refractivity contribution >= 4 is 23.7 Å². The minimum Gasteiger partial charge on any atom is -0.480 e. The van der Waals surface area contributed by atoms with E-state index in [9.17, 15) is 29.4 Å². The Kier molecular flexibility index (Phi) is 9.92. The van der Waals surface area contributed by atoms with Crippen LogP contribution in [0.25, 0.3) is 0 Å². The van der Waals surface area contributed by atoms with Gasteiger partial charge in [-0.1, -0.05) is 13.8 Å². The zero-order valence-corrected chi connectivity index (χ0v) is 17.2. The Balaban J connectivity index is 2.63. The first kappa shape index (κ1) is 25.0.